The van der Waals surface area contributed by atoms with Crippen molar-refractivity contribution in [3.63, 3.8) is 0 Å². The van der Waals surface area contributed by atoms with E-state index >= 15 is 0 Å². The van der Waals surface area contributed by atoms with Crippen LogP contribution in [0.15, 0.2) is 53.5 Å². The lowest BCUT2D eigenvalue weighted by molar-refractivity contribution is -0.00546. The first-order valence-corrected chi connectivity index (χ1v) is 10.9. The molecule has 0 saturated carbocycles. The van der Waals surface area contributed by atoms with Gasteiger partial charge in [-0.1, -0.05) is 18.2 Å². The molecule has 33 heavy (non-hydrogen) atoms. The fourth-order valence-electron chi connectivity index (χ4n) is 4.49. The molecule has 0 bridgehead atoms. The molecule has 1 aliphatic heterocycles. The molecule has 0 radical (unpaired) electrons. The third-order valence-corrected chi connectivity index (χ3v) is 5.91. The van der Waals surface area contributed by atoms with Crippen molar-refractivity contribution in [1.82, 2.24) is 18.9 Å². The first-order chi connectivity index (χ1) is 16.0. The van der Waals surface area contributed by atoms with Crippen molar-refractivity contribution in [2.24, 2.45) is 7.05 Å². The first kappa shape index (κ1) is 20.9. The van der Waals surface area contributed by atoms with Crippen LogP contribution in [0.25, 0.3) is 28.3 Å². The number of hydrogen-bond acceptors (Lipinski definition) is 6. The van der Waals surface area contributed by atoms with Gasteiger partial charge in [-0.2, -0.15) is 5.26 Å². The zero-order valence-electron chi connectivity index (χ0n) is 18.8. The molecule has 0 spiro atoms. The molecule has 1 fully saturated rings. The van der Waals surface area contributed by atoms with Gasteiger partial charge in [-0.15, -0.1) is 0 Å². The minimum atomic E-state index is -0.228. The highest BCUT2D eigenvalue weighted by Crippen LogP contribution is 2.26. The zero-order chi connectivity index (χ0) is 23.1. The molecule has 4 heterocycles. The van der Waals surface area contributed by atoms with E-state index in [1.165, 1.54) is 4.40 Å². The topological polar surface area (TPSA) is 88.5 Å². The van der Waals surface area contributed by atoms with Gasteiger partial charge in [-0.3, -0.25) is 9.20 Å². The Morgan fingerprint density at radius 3 is 2.58 bits per heavy atom. The van der Waals surface area contributed by atoms with Crippen molar-refractivity contribution in [2.45, 2.75) is 26.1 Å². The zero-order valence-corrected chi connectivity index (χ0v) is 18.8. The first-order valence-electron chi connectivity index (χ1n) is 10.9. The fraction of sp³-hybridized carbons (Fsp3) is 0.280. The maximum atomic E-state index is 13.6. The summed E-state index contributed by atoms with van der Waals surface area (Å²) in [4.78, 5) is 25.1. The quantitative estimate of drug-likeness (QED) is 0.455. The van der Waals surface area contributed by atoms with Gasteiger partial charge in [0.1, 0.15) is 17.5 Å². The summed E-state index contributed by atoms with van der Waals surface area (Å²) in [6.45, 7) is 5.22. The summed E-state index contributed by atoms with van der Waals surface area (Å²) in [5, 5.41) is 10.0. The molecule has 166 valence electrons. The molecule has 1 aliphatic rings. The number of para-hydroxylation sites is 2. The highest BCUT2D eigenvalue weighted by Gasteiger charge is 2.27. The van der Waals surface area contributed by atoms with Gasteiger partial charge in [-0.25, -0.2) is 9.97 Å². The molecule has 8 nitrogen and oxygen atoms in total. The number of pyridine rings is 1. The Hall–Kier alpha value is -3.96. The van der Waals surface area contributed by atoms with Crippen LogP contribution in [0.1, 0.15) is 25.2 Å². The average molecular weight is 441 g/mol. The lowest BCUT2D eigenvalue weighted by Gasteiger charge is -2.36. The number of rotatable bonds is 3. The largest absolute Gasteiger partial charge is 0.372 e. The van der Waals surface area contributed by atoms with Gasteiger partial charge < -0.3 is 14.2 Å². The van der Waals surface area contributed by atoms with E-state index in [0.717, 1.165) is 11.0 Å². The second kappa shape index (κ2) is 8.19. The Morgan fingerprint density at radius 1 is 1.12 bits per heavy atom. The number of ether oxygens (including phenoxy) is 1. The standard InChI is InChI=1S/C25H24N6O2/c1-16-14-30(15-17(2)33-16)24-19(25(32)31-11-7-6-10-22(31)28-24)12-18(13-26)23-27-20-8-4-5-9-21(20)29(23)3/h4-12,16-17H,14-15H2,1-3H3. The van der Waals surface area contributed by atoms with Crippen LogP contribution in [0.5, 0.6) is 0 Å². The number of nitrogens with zero attached hydrogens (tertiary/aromatic N) is 6. The van der Waals surface area contributed by atoms with Crippen LogP contribution in [-0.4, -0.2) is 44.2 Å². The molecule has 2 atom stereocenters. The monoisotopic (exact) mass is 440 g/mol. The van der Waals surface area contributed by atoms with Gasteiger partial charge in [0.2, 0.25) is 0 Å². The van der Waals surface area contributed by atoms with E-state index in [2.05, 4.69) is 16.0 Å². The third kappa shape index (κ3) is 3.66. The Kier molecular flexibility index (Phi) is 5.19. The van der Waals surface area contributed by atoms with Crippen LogP contribution in [-0.2, 0) is 11.8 Å². The number of hydrogen-bond donors (Lipinski definition) is 0. The number of imidazole rings is 1. The van der Waals surface area contributed by atoms with Crippen molar-refractivity contribution < 1.29 is 4.74 Å². The highest BCUT2D eigenvalue weighted by molar-refractivity contribution is 5.92. The lowest BCUT2D eigenvalue weighted by atomic mass is 10.1. The number of aromatic nitrogens is 4. The van der Waals surface area contributed by atoms with Gasteiger partial charge in [0.15, 0.2) is 5.82 Å². The Balaban J connectivity index is 1.74. The molecular weight excluding hydrogens is 416 g/mol. The Bertz CT molecular complexity index is 1480. The van der Waals surface area contributed by atoms with Gasteiger partial charge >= 0.3 is 0 Å². The molecular formula is C25H24N6O2. The van der Waals surface area contributed by atoms with Gasteiger partial charge in [0, 0.05) is 26.3 Å². The fourth-order valence-corrected chi connectivity index (χ4v) is 4.49. The van der Waals surface area contributed by atoms with Crippen molar-refractivity contribution >= 4 is 34.1 Å². The predicted molar refractivity (Wildman–Crippen MR) is 128 cm³/mol. The minimum absolute atomic E-state index is 0.00289. The number of nitriles is 1. The maximum absolute atomic E-state index is 13.6. The summed E-state index contributed by atoms with van der Waals surface area (Å²) in [6.07, 6.45) is 3.31. The van der Waals surface area contributed by atoms with E-state index in [9.17, 15) is 10.1 Å². The molecule has 2 unspecified atom stereocenters. The molecule has 0 aliphatic carbocycles. The number of anilines is 1. The third-order valence-electron chi connectivity index (χ3n) is 5.91. The number of fused-ring (bicyclic) bond motifs is 2. The summed E-state index contributed by atoms with van der Waals surface area (Å²) in [5.74, 6) is 1.06. The van der Waals surface area contributed by atoms with Crippen LogP contribution in [0.3, 0.4) is 0 Å². The molecule has 1 saturated heterocycles. The van der Waals surface area contributed by atoms with Gasteiger partial charge in [0.25, 0.3) is 5.56 Å². The summed E-state index contributed by atoms with van der Waals surface area (Å²) in [5.41, 5.74) is 2.71. The Morgan fingerprint density at radius 2 is 1.85 bits per heavy atom. The molecule has 4 aromatic rings. The van der Waals surface area contributed by atoms with Crippen molar-refractivity contribution in [2.75, 3.05) is 18.0 Å². The molecule has 8 heteroatoms. The predicted octanol–water partition coefficient (Wildman–Crippen LogP) is 3.26. The number of benzene rings is 1. The summed E-state index contributed by atoms with van der Waals surface area (Å²) >= 11 is 0. The second-order valence-corrected chi connectivity index (χ2v) is 8.40. The SMILES string of the molecule is CC1CN(c2nc3ccccn3c(=O)c2C=C(C#N)c2nc3ccccc3n2C)CC(C)O1. The van der Waals surface area contributed by atoms with Crippen LogP contribution >= 0.6 is 0 Å². The molecule has 0 N–H and O–H groups in total. The summed E-state index contributed by atoms with van der Waals surface area (Å²) in [7, 11) is 1.87. The maximum Gasteiger partial charge on any atom is 0.267 e. The molecule has 3 aromatic heterocycles. The van der Waals surface area contributed by atoms with Gasteiger partial charge in [-0.05, 0) is 44.2 Å². The van der Waals surface area contributed by atoms with Crippen LogP contribution in [0.4, 0.5) is 5.82 Å². The van der Waals surface area contributed by atoms with E-state index in [1.807, 2.05) is 61.9 Å². The normalized spacial score (nSPS) is 19.2. The summed E-state index contributed by atoms with van der Waals surface area (Å²) in [6, 6.07) is 15.4. The molecule has 0 amide bonds. The van der Waals surface area contributed by atoms with Gasteiger partial charge in [0.05, 0.1) is 34.4 Å². The van der Waals surface area contributed by atoms with Crippen LogP contribution in [0, 0.1) is 11.3 Å². The smallest absolute Gasteiger partial charge is 0.267 e. The minimum Gasteiger partial charge on any atom is -0.372 e. The van der Waals surface area contributed by atoms with E-state index in [1.54, 1.807) is 18.3 Å². The number of aryl methyl sites for hydroxylation is 1. The Labute approximate surface area is 191 Å². The van der Waals surface area contributed by atoms with E-state index in [4.69, 9.17) is 9.72 Å². The average Bonchev–Trinajstić information content (AvgIpc) is 3.14. The van der Waals surface area contributed by atoms with Crippen molar-refractivity contribution in [3.8, 4) is 6.07 Å². The van der Waals surface area contributed by atoms with Crippen molar-refractivity contribution in [3.05, 3.63) is 70.4 Å². The summed E-state index contributed by atoms with van der Waals surface area (Å²) < 4.78 is 9.26. The van der Waals surface area contributed by atoms with E-state index in [0.29, 0.717) is 41.5 Å². The highest BCUT2D eigenvalue weighted by atomic mass is 16.5. The van der Waals surface area contributed by atoms with Crippen LogP contribution in [0.2, 0.25) is 0 Å². The molecule has 5 rings (SSSR count). The number of morpholine rings is 1. The van der Waals surface area contributed by atoms with E-state index < -0.39 is 0 Å². The second-order valence-electron chi connectivity index (χ2n) is 8.40. The number of allylic oxidation sites excluding steroid dienone is 1. The van der Waals surface area contributed by atoms with Crippen molar-refractivity contribution in [1.29, 1.82) is 5.26 Å². The molecule has 1 aromatic carbocycles. The lowest BCUT2D eigenvalue weighted by Crippen LogP contribution is -2.46. The van der Waals surface area contributed by atoms with Crippen LogP contribution < -0.4 is 10.5 Å². The van der Waals surface area contributed by atoms with E-state index in [-0.39, 0.29) is 17.8 Å².